The summed E-state index contributed by atoms with van der Waals surface area (Å²) < 4.78 is 0. The normalized spacial score (nSPS) is 27.8. The van der Waals surface area contributed by atoms with Gasteiger partial charge in [-0.2, -0.15) is 0 Å². The van der Waals surface area contributed by atoms with Gasteiger partial charge in [-0.05, 0) is 37.3 Å². The fourth-order valence-electron chi connectivity index (χ4n) is 3.03. The highest BCUT2D eigenvalue weighted by atomic mass is 16.4. The third kappa shape index (κ3) is 1.71. The van der Waals surface area contributed by atoms with Crippen LogP contribution in [0.4, 0.5) is 5.69 Å². The summed E-state index contributed by atoms with van der Waals surface area (Å²) in [5.41, 5.74) is 7.22. The van der Waals surface area contributed by atoms with Gasteiger partial charge in [0, 0.05) is 24.5 Å². The number of anilines is 1. The Balaban J connectivity index is 1.89. The van der Waals surface area contributed by atoms with E-state index in [-0.39, 0.29) is 5.84 Å². The zero-order valence-electron chi connectivity index (χ0n) is 9.58. The van der Waals surface area contributed by atoms with Crippen molar-refractivity contribution < 1.29 is 5.21 Å². The Bertz CT molecular complexity index is 460. The van der Waals surface area contributed by atoms with E-state index in [0.717, 1.165) is 18.2 Å². The molecule has 0 spiro atoms. The number of hydrogen-bond donors (Lipinski definition) is 2. The molecular formula is C12H16N4O. The van der Waals surface area contributed by atoms with Gasteiger partial charge in [-0.25, -0.2) is 0 Å². The van der Waals surface area contributed by atoms with Gasteiger partial charge in [0.05, 0.1) is 0 Å². The molecule has 0 radical (unpaired) electrons. The molecule has 3 N–H and O–H groups in total. The third-order valence-corrected chi connectivity index (χ3v) is 3.85. The van der Waals surface area contributed by atoms with E-state index in [0.29, 0.717) is 11.7 Å². The summed E-state index contributed by atoms with van der Waals surface area (Å²) in [6, 6.07) is 4.56. The summed E-state index contributed by atoms with van der Waals surface area (Å²) >= 11 is 0. The summed E-state index contributed by atoms with van der Waals surface area (Å²) in [5.74, 6) is 0.914. The molecule has 2 unspecified atom stereocenters. The molecule has 5 heteroatoms. The largest absolute Gasteiger partial charge is 0.409 e. The Morgan fingerprint density at radius 3 is 3.06 bits per heavy atom. The molecule has 3 rings (SSSR count). The molecule has 0 amide bonds. The Hall–Kier alpha value is -1.78. The van der Waals surface area contributed by atoms with Gasteiger partial charge in [0.25, 0.3) is 0 Å². The van der Waals surface area contributed by atoms with Crippen molar-refractivity contribution in [3.63, 3.8) is 0 Å². The zero-order valence-corrected chi connectivity index (χ0v) is 9.58. The van der Waals surface area contributed by atoms with Crippen LogP contribution in [0, 0.1) is 5.92 Å². The van der Waals surface area contributed by atoms with Gasteiger partial charge in [0.15, 0.2) is 5.84 Å². The van der Waals surface area contributed by atoms with E-state index in [9.17, 15) is 0 Å². The highest BCUT2D eigenvalue weighted by Crippen LogP contribution is 2.40. The second-order valence-corrected chi connectivity index (χ2v) is 4.87. The van der Waals surface area contributed by atoms with Crippen molar-refractivity contribution in [2.45, 2.75) is 25.3 Å². The number of hydrogen-bond acceptors (Lipinski definition) is 4. The highest BCUT2D eigenvalue weighted by molar-refractivity contribution is 5.95. The van der Waals surface area contributed by atoms with E-state index in [4.69, 9.17) is 10.9 Å². The molecule has 0 aromatic carbocycles. The monoisotopic (exact) mass is 232 g/mol. The summed E-state index contributed by atoms with van der Waals surface area (Å²) in [7, 11) is 0. The summed E-state index contributed by atoms with van der Waals surface area (Å²) in [6.07, 6.45) is 5.67. The van der Waals surface area contributed by atoms with Crippen LogP contribution in [0.25, 0.3) is 0 Å². The Morgan fingerprint density at radius 1 is 1.53 bits per heavy atom. The fourth-order valence-corrected chi connectivity index (χ4v) is 3.03. The van der Waals surface area contributed by atoms with Crippen molar-refractivity contribution in [2.24, 2.45) is 16.8 Å². The van der Waals surface area contributed by atoms with Crippen LogP contribution >= 0.6 is 0 Å². The van der Waals surface area contributed by atoms with Crippen molar-refractivity contribution in [3.05, 3.63) is 24.0 Å². The molecule has 1 saturated heterocycles. The van der Waals surface area contributed by atoms with Gasteiger partial charge in [-0.15, -0.1) is 0 Å². The van der Waals surface area contributed by atoms with Crippen molar-refractivity contribution >= 4 is 11.5 Å². The first-order valence-corrected chi connectivity index (χ1v) is 5.98. The van der Waals surface area contributed by atoms with Crippen molar-refractivity contribution in [1.29, 1.82) is 0 Å². The van der Waals surface area contributed by atoms with Crippen LogP contribution in [0.1, 0.15) is 25.0 Å². The van der Waals surface area contributed by atoms with E-state index in [1.54, 1.807) is 6.20 Å². The number of piperidine rings is 1. The Morgan fingerprint density at radius 2 is 2.41 bits per heavy atom. The number of aromatic nitrogens is 1. The predicted molar refractivity (Wildman–Crippen MR) is 65.2 cm³/mol. The molecule has 2 bridgehead atoms. The van der Waals surface area contributed by atoms with Gasteiger partial charge < -0.3 is 15.8 Å². The summed E-state index contributed by atoms with van der Waals surface area (Å²) in [5, 5.41) is 11.6. The van der Waals surface area contributed by atoms with Crippen LogP contribution in [0.15, 0.2) is 23.5 Å². The SMILES string of the molecule is NC(=NO)c1cc(N2CC3CCC2C3)ccn1. The van der Waals surface area contributed by atoms with E-state index >= 15 is 0 Å². The first-order chi connectivity index (χ1) is 8.28. The maximum Gasteiger partial charge on any atom is 0.188 e. The molecule has 5 nitrogen and oxygen atoms in total. The average Bonchev–Trinajstić information content (AvgIpc) is 3.00. The number of oxime groups is 1. The maximum atomic E-state index is 8.66. The molecule has 2 aliphatic rings. The van der Waals surface area contributed by atoms with E-state index < -0.39 is 0 Å². The van der Waals surface area contributed by atoms with Gasteiger partial charge >= 0.3 is 0 Å². The van der Waals surface area contributed by atoms with E-state index in [1.807, 2.05) is 12.1 Å². The van der Waals surface area contributed by atoms with Crippen LogP contribution < -0.4 is 10.6 Å². The average molecular weight is 232 g/mol. The molecule has 1 aromatic heterocycles. The van der Waals surface area contributed by atoms with Crippen molar-refractivity contribution in [3.8, 4) is 0 Å². The minimum atomic E-state index is 0.0659. The molecule has 2 heterocycles. The molecule has 2 fully saturated rings. The van der Waals surface area contributed by atoms with E-state index in [1.165, 1.54) is 19.3 Å². The molecule has 90 valence electrons. The van der Waals surface area contributed by atoms with Crippen LogP contribution in [0.2, 0.25) is 0 Å². The topological polar surface area (TPSA) is 74.7 Å². The second kappa shape index (κ2) is 3.91. The first kappa shape index (κ1) is 10.4. The molecule has 2 atom stereocenters. The Labute approximate surface area is 99.9 Å². The molecule has 1 aromatic rings. The van der Waals surface area contributed by atoms with Crippen molar-refractivity contribution in [2.75, 3.05) is 11.4 Å². The quantitative estimate of drug-likeness (QED) is 0.347. The number of pyridine rings is 1. The molecule has 1 saturated carbocycles. The summed E-state index contributed by atoms with van der Waals surface area (Å²) in [6.45, 7) is 1.13. The predicted octanol–water partition coefficient (Wildman–Crippen LogP) is 1.16. The zero-order chi connectivity index (χ0) is 11.8. The minimum absolute atomic E-state index is 0.0659. The highest BCUT2D eigenvalue weighted by Gasteiger charge is 2.37. The third-order valence-electron chi connectivity index (χ3n) is 3.85. The lowest BCUT2D eigenvalue weighted by molar-refractivity contribution is 0.318. The number of rotatable bonds is 2. The van der Waals surface area contributed by atoms with Crippen molar-refractivity contribution in [1.82, 2.24) is 4.98 Å². The summed E-state index contributed by atoms with van der Waals surface area (Å²) in [4.78, 5) is 6.52. The van der Waals surface area contributed by atoms with Crippen LogP contribution in [0.5, 0.6) is 0 Å². The van der Waals surface area contributed by atoms with E-state index in [2.05, 4.69) is 15.0 Å². The number of fused-ring (bicyclic) bond motifs is 2. The number of nitrogens with zero attached hydrogens (tertiary/aromatic N) is 3. The van der Waals surface area contributed by atoms with Crippen LogP contribution in [-0.4, -0.2) is 28.6 Å². The molecule has 1 aliphatic carbocycles. The standard InChI is InChI=1S/C12H16N4O/c13-12(15-17)11-6-10(3-4-14-11)16-7-8-1-2-9(16)5-8/h3-4,6,8-9,17H,1-2,5,7H2,(H2,13,15). The first-order valence-electron chi connectivity index (χ1n) is 5.98. The molecule has 1 aliphatic heterocycles. The van der Waals surface area contributed by atoms with Gasteiger partial charge in [-0.3, -0.25) is 4.98 Å². The number of nitrogens with two attached hydrogens (primary N) is 1. The van der Waals surface area contributed by atoms with Gasteiger partial charge in [0.2, 0.25) is 0 Å². The minimum Gasteiger partial charge on any atom is -0.409 e. The smallest absolute Gasteiger partial charge is 0.188 e. The lowest BCUT2D eigenvalue weighted by Gasteiger charge is -2.29. The second-order valence-electron chi connectivity index (χ2n) is 4.87. The van der Waals surface area contributed by atoms with Gasteiger partial charge in [-0.1, -0.05) is 5.16 Å². The van der Waals surface area contributed by atoms with Crippen LogP contribution in [-0.2, 0) is 0 Å². The maximum absolute atomic E-state index is 8.66. The number of amidine groups is 1. The molecular weight excluding hydrogens is 216 g/mol. The van der Waals surface area contributed by atoms with Crippen LogP contribution in [0.3, 0.4) is 0 Å². The fraction of sp³-hybridized carbons (Fsp3) is 0.500. The van der Waals surface area contributed by atoms with Gasteiger partial charge in [0.1, 0.15) is 5.69 Å². The lowest BCUT2D eigenvalue weighted by atomic mass is 10.1. The lowest BCUT2D eigenvalue weighted by Crippen LogP contribution is -2.32. The molecule has 17 heavy (non-hydrogen) atoms. The Kier molecular flexibility index (Phi) is 2.39.